The summed E-state index contributed by atoms with van der Waals surface area (Å²) in [7, 11) is -3.97. The Morgan fingerprint density at radius 1 is 1.22 bits per heavy atom. The van der Waals surface area contributed by atoms with E-state index in [9.17, 15) is 19.3 Å². The first-order chi connectivity index (χ1) is 19.2. The SMILES string of the molecule is CC(=O)CCc1ccccc1OP(=O)(C[C@@H](C)C(C)=O)OC[C@H]1O[C@@H](n2ccc3c(N)nc(N)nc32)C(Br)(Br)[C@H]1O. The summed E-state index contributed by atoms with van der Waals surface area (Å²) in [5.74, 6) is -0.334. The summed E-state index contributed by atoms with van der Waals surface area (Å²) in [5.41, 5.74) is 12.9. The van der Waals surface area contributed by atoms with Gasteiger partial charge in [-0.3, -0.25) is 9.32 Å². The fourth-order valence-electron chi connectivity index (χ4n) is 4.40. The highest BCUT2D eigenvalue weighted by molar-refractivity contribution is 9.25. The molecule has 5 atom stereocenters. The van der Waals surface area contributed by atoms with Crippen molar-refractivity contribution in [1.29, 1.82) is 0 Å². The topological polar surface area (TPSA) is 182 Å². The van der Waals surface area contributed by atoms with Crippen LogP contribution in [0.5, 0.6) is 5.75 Å². The van der Waals surface area contributed by atoms with Crippen LogP contribution in [0.15, 0.2) is 36.5 Å². The maximum Gasteiger partial charge on any atom is 0.380 e. The van der Waals surface area contributed by atoms with Gasteiger partial charge in [0.25, 0.3) is 0 Å². The fourth-order valence-corrected chi connectivity index (χ4v) is 7.66. The van der Waals surface area contributed by atoms with Gasteiger partial charge in [-0.15, -0.1) is 0 Å². The minimum absolute atomic E-state index is 0.00620. The molecule has 0 saturated carbocycles. The second kappa shape index (κ2) is 12.5. The monoisotopic (exact) mass is 715 g/mol. The lowest BCUT2D eigenvalue weighted by molar-refractivity contribution is -0.120. The third kappa shape index (κ3) is 7.00. The molecule has 2 aromatic heterocycles. The van der Waals surface area contributed by atoms with Crippen LogP contribution < -0.4 is 16.0 Å². The number of Topliss-reactive ketones (excluding diaryl/α,β-unsaturated/α-hetero) is 2. The second-order valence-electron chi connectivity index (χ2n) is 10.1. The van der Waals surface area contributed by atoms with Crippen molar-refractivity contribution in [3.63, 3.8) is 0 Å². The molecule has 3 aromatic rings. The van der Waals surface area contributed by atoms with Crippen molar-refractivity contribution in [3.8, 4) is 5.75 Å². The Hall–Kier alpha value is -2.35. The number of alkyl halides is 2. The van der Waals surface area contributed by atoms with E-state index < -0.39 is 35.2 Å². The van der Waals surface area contributed by atoms with Crippen LogP contribution in [0.25, 0.3) is 11.0 Å². The third-order valence-electron chi connectivity index (χ3n) is 6.83. The number of fused-ring (bicyclic) bond motifs is 1. The number of nitrogen functional groups attached to an aromatic ring is 2. The van der Waals surface area contributed by atoms with E-state index >= 15 is 0 Å². The molecule has 0 radical (unpaired) electrons. The number of aliphatic hydroxyl groups excluding tert-OH is 1. The van der Waals surface area contributed by atoms with Crippen molar-refractivity contribution < 1.29 is 33.0 Å². The number of aliphatic hydroxyl groups is 1. The number of hydrogen-bond donors (Lipinski definition) is 3. The molecule has 4 rings (SSSR count). The predicted molar refractivity (Wildman–Crippen MR) is 161 cm³/mol. The normalized spacial score (nSPS) is 22.3. The lowest BCUT2D eigenvalue weighted by atomic mass is 10.1. The lowest BCUT2D eigenvalue weighted by Gasteiger charge is -2.25. The summed E-state index contributed by atoms with van der Waals surface area (Å²) < 4.78 is 32.6. The number of para-hydroxylation sites is 1. The first-order valence-electron chi connectivity index (χ1n) is 12.8. The lowest BCUT2D eigenvalue weighted by Crippen LogP contribution is -2.37. The fraction of sp³-hybridized carbons (Fsp3) is 0.462. The molecular formula is C26H32Br2N5O7P. The van der Waals surface area contributed by atoms with Crippen LogP contribution in [0, 0.1) is 5.92 Å². The van der Waals surface area contributed by atoms with Crippen LogP contribution >= 0.6 is 39.5 Å². The van der Waals surface area contributed by atoms with Crippen LogP contribution in [0.1, 0.15) is 39.0 Å². The zero-order valence-corrected chi connectivity index (χ0v) is 26.8. The van der Waals surface area contributed by atoms with E-state index in [4.69, 9.17) is 25.3 Å². The van der Waals surface area contributed by atoms with Crippen LogP contribution in [-0.4, -0.2) is 59.4 Å². The summed E-state index contributed by atoms with van der Waals surface area (Å²) >= 11 is 7.04. The molecule has 0 amide bonds. The van der Waals surface area contributed by atoms with E-state index in [1.54, 1.807) is 48.0 Å². The molecule has 41 heavy (non-hydrogen) atoms. The molecule has 5 N–H and O–H groups in total. The second-order valence-corrected chi connectivity index (χ2v) is 15.8. The number of halogens is 2. The number of aryl methyl sites for hydroxylation is 1. The summed E-state index contributed by atoms with van der Waals surface area (Å²) in [6.45, 7) is 4.21. The van der Waals surface area contributed by atoms with Crippen molar-refractivity contribution in [2.24, 2.45) is 5.92 Å². The van der Waals surface area contributed by atoms with Gasteiger partial charge < -0.3 is 35.2 Å². The maximum absolute atomic E-state index is 14.1. The predicted octanol–water partition coefficient (Wildman–Crippen LogP) is 4.38. The van der Waals surface area contributed by atoms with Gasteiger partial charge in [-0.05, 0) is 38.0 Å². The molecule has 1 saturated heterocycles. The quantitative estimate of drug-likeness (QED) is 0.179. The van der Waals surface area contributed by atoms with Gasteiger partial charge in [0.1, 0.15) is 41.0 Å². The molecule has 15 heteroatoms. The Bertz CT molecular complexity index is 1500. The highest BCUT2D eigenvalue weighted by Gasteiger charge is 2.55. The van der Waals surface area contributed by atoms with Crippen LogP contribution in [0.4, 0.5) is 11.8 Å². The first-order valence-corrected chi connectivity index (χ1v) is 16.1. The molecule has 0 aliphatic carbocycles. The molecular weight excluding hydrogens is 685 g/mol. The Kier molecular flexibility index (Phi) is 9.62. The van der Waals surface area contributed by atoms with Crippen molar-refractivity contribution in [2.45, 2.75) is 55.3 Å². The van der Waals surface area contributed by atoms with Gasteiger partial charge in [0.2, 0.25) is 5.95 Å². The molecule has 1 aliphatic rings. The van der Waals surface area contributed by atoms with E-state index in [2.05, 4.69) is 41.8 Å². The van der Waals surface area contributed by atoms with Gasteiger partial charge in [0.15, 0.2) is 9.46 Å². The molecule has 1 unspecified atom stereocenters. The van der Waals surface area contributed by atoms with E-state index in [-0.39, 0.29) is 42.5 Å². The Balaban J connectivity index is 1.58. The number of ether oxygens (including phenoxy) is 1. The van der Waals surface area contributed by atoms with Crippen LogP contribution in [-0.2, 0) is 29.8 Å². The number of anilines is 2. The summed E-state index contributed by atoms with van der Waals surface area (Å²) in [6, 6.07) is 8.62. The van der Waals surface area contributed by atoms with Gasteiger partial charge >= 0.3 is 7.60 Å². The molecule has 1 aromatic carbocycles. The Morgan fingerprint density at radius 3 is 2.61 bits per heavy atom. The largest absolute Gasteiger partial charge is 0.424 e. The minimum Gasteiger partial charge on any atom is -0.424 e. The zero-order valence-electron chi connectivity index (χ0n) is 22.7. The molecule has 222 valence electrons. The average Bonchev–Trinajstić information content (AvgIpc) is 3.40. The molecule has 3 heterocycles. The summed E-state index contributed by atoms with van der Waals surface area (Å²) in [6.07, 6.45) is -0.879. The van der Waals surface area contributed by atoms with E-state index in [1.165, 1.54) is 13.8 Å². The van der Waals surface area contributed by atoms with E-state index in [1.807, 2.05) is 0 Å². The molecule has 0 spiro atoms. The number of nitrogens with two attached hydrogens (primary N) is 2. The minimum atomic E-state index is -3.97. The molecule has 0 bridgehead atoms. The zero-order chi connectivity index (χ0) is 30.1. The molecule has 12 nitrogen and oxygen atoms in total. The first kappa shape index (κ1) is 31.6. The molecule has 1 fully saturated rings. The van der Waals surface area contributed by atoms with E-state index in [0.29, 0.717) is 28.8 Å². The van der Waals surface area contributed by atoms with Gasteiger partial charge in [-0.25, -0.2) is 4.57 Å². The van der Waals surface area contributed by atoms with Crippen molar-refractivity contribution in [3.05, 3.63) is 42.1 Å². The highest BCUT2D eigenvalue weighted by Crippen LogP contribution is 2.54. The summed E-state index contributed by atoms with van der Waals surface area (Å²) in [5, 5.41) is 11.7. The van der Waals surface area contributed by atoms with Crippen molar-refractivity contribution >= 4 is 73.8 Å². The number of rotatable bonds is 12. The number of nitrogens with zero attached hydrogens (tertiary/aromatic N) is 3. The highest BCUT2D eigenvalue weighted by atomic mass is 79.9. The molecule has 1 aliphatic heterocycles. The van der Waals surface area contributed by atoms with Gasteiger partial charge in [-0.1, -0.05) is 57.0 Å². The number of benzene rings is 1. The number of ketones is 2. The summed E-state index contributed by atoms with van der Waals surface area (Å²) in [4.78, 5) is 31.9. The Labute approximate surface area is 253 Å². The van der Waals surface area contributed by atoms with Gasteiger partial charge in [0, 0.05) is 18.5 Å². The van der Waals surface area contributed by atoms with Crippen LogP contribution in [0.3, 0.4) is 0 Å². The standard InChI is InChI=1S/C26H32Br2N5O7P/c1-14(16(3)35)13-41(37,40-19-7-5-4-6-17(19)9-8-15(2)34)38-12-20-21(36)26(27,28)24(39-20)33-11-10-18-22(29)31-25(30)32-23(18)33/h4-7,10-11,14,20-21,24,36H,8-9,12-13H2,1-3H3,(H4,29,30,31,32)/t14-,20-,21+,24-,41?/m1/s1. The van der Waals surface area contributed by atoms with Crippen molar-refractivity contribution in [1.82, 2.24) is 14.5 Å². The smallest absolute Gasteiger partial charge is 0.380 e. The average molecular weight is 717 g/mol. The van der Waals surface area contributed by atoms with E-state index in [0.717, 1.165) is 0 Å². The Morgan fingerprint density at radius 2 is 1.93 bits per heavy atom. The number of carbonyl (C=O) groups excluding carboxylic acids is 2. The number of hydrogen-bond acceptors (Lipinski definition) is 11. The maximum atomic E-state index is 14.1. The third-order valence-corrected chi connectivity index (χ3v) is 10.6. The van der Waals surface area contributed by atoms with Crippen LogP contribution in [0.2, 0.25) is 0 Å². The van der Waals surface area contributed by atoms with Crippen molar-refractivity contribution in [2.75, 3.05) is 24.2 Å². The van der Waals surface area contributed by atoms with Gasteiger partial charge in [-0.2, -0.15) is 9.97 Å². The van der Waals surface area contributed by atoms with Gasteiger partial charge in [0.05, 0.1) is 18.2 Å². The number of carbonyl (C=O) groups is 2. The number of aromatic nitrogens is 3.